The van der Waals surface area contributed by atoms with Crippen molar-refractivity contribution in [3.63, 3.8) is 0 Å². The molecule has 0 aliphatic heterocycles. The van der Waals surface area contributed by atoms with Crippen LogP contribution in [0, 0.1) is 5.41 Å². The van der Waals surface area contributed by atoms with Gasteiger partial charge in [0, 0.05) is 19.3 Å². The van der Waals surface area contributed by atoms with E-state index in [9.17, 15) is 19.5 Å². The third kappa shape index (κ3) is 56.9. The zero-order valence-corrected chi connectivity index (χ0v) is 51.0. The minimum Gasteiger partial charge on any atom is -0.465 e. The van der Waals surface area contributed by atoms with Gasteiger partial charge < -0.3 is 19.3 Å². The van der Waals surface area contributed by atoms with Gasteiger partial charge in [-0.1, -0.05) is 348 Å². The molecule has 0 fully saturated rings. The van der Waals surface area contributed by atoms with Crippen LogP contribution in [0.4, 0.5) is 0 Å². The molecule has 0 bridgehead atoms. The molecule has 0 atom stereocenters. The van der Waals surface area contributed by atoms with Gasteiger partial charge in [0.2, 0.25) is 0 Å². The molecule has 75 heavy (non-hydrogen) atoms. The Bertz CT molecular complexity index is 1020. The van der Waals surface area contributed by atoms with Crippen molar-refractivity contribution in [2.24, 2.45) is 5.41 Å². The van der Waals surface area contributed by atoms with Crippen molar-refractivity contribution in [2.45, 2.75) is 387 Å². The second kappa shape index (κ2) is 61.6. The monoisotopic (exact) mass is 1060 g/mol. The first kappa shape index (κ1) is 73.4. The van der Waals surface area contributed by atoms with Gasteiger partial charge in [0.15, 0.2) is 0 Å². The normalized spacial score (nSPS) is 11.7. The highest BCUT2D eigenvalue weighted by Crippen LogP contribution is 2.23. The number of esters is 3. The summed E-state index contributed by atoms with van der Waals surface area (Å²) in [6, 6.07) is 0. The van der Waals surface area contributed by atoms with Gasteiger partial charge in [-0.25, -0.2) is 0 Å². The average molecular weight is 1060 g/mol. The van der Waals surface area contributed by atoms with E-state index in [1.165, 1.54) is 289 Å². The second-order valence-corrected chi connectivity index (χ2v) is 23.9. The Morgan fingerprint density at radius 1 is 0.240 bits per heavy atom. The maximum atomic E-state index is 12.9. The summed E-state index contributed by atoms with van der Waals surface area (Å²) in [5, 5.41) is 10.7. The fourth-order valence-electron chi connectivity index (χ4n) is 10.7. The molecule has 0 aromatic rings. The van der Waals surface area contributed by atoms with Crippen LogP contribution in [0.15, 0.2) is 0 Å². The number of aliphatic hydroxyl groups is 1. The molecule has 0 aromatic heterocycles. The molecule has 0 saturated carbocycles. The van der Waals surface area contributed by atoms with Crippen LogP contribution < -0.4 is 0 Å². The van der Waals surface area contributed by atoms with Crippen LogP contribution in [0.5, 0.6) is 0 Å². The van der Waals surface area contributed by atoms with Crippen molar-refractivity contribution < 1.29 is 33.7 Å². The van der Waals surface area contributed by atoms with Crippen molar-refractivity contribution in [1.29, 1.82) is 0 Å². The standard InChI is InChI=1S/C68H132O7/c1-4-7-10-13-16-19-22-25-28-31-34-37-40-43-46-49-52-55-58-65(70)73-62-68(61-69,63-74-66(71)59-56-53-50-47-44-41-38-35-32-29-26-23-20-17-14-11-8-5-2)64-75-67(72)60-57-54-51-48-45-42-39-36-33-30-27-24-21-18-15-12-9-6-3/h69H,4-64H2,1-3H3. The van der Waals surface area contributed by atoms with E-state index in [-0.39, 0.29) is 37.7 Å². The van der Waals surface area contributed by atoms with E-state index in [4.69, 9.17) is 14.2 Å². The minimum absolute atomic E-state index is 0.152. The highest BCUT2D eigenvalue weighted by molar-refractivity contribution is 5.70. The fraction of sp³-hybridized carbons (Fsp3) is 0.956. The van der Waals surface area contributed by atoms with Crippen LogP contribution >= 0.6 is 0 Å². The summed E-state index contributed by atoms with van der Waals surface area (Å²) >= 11 is 0. The third-order valence-electron chi connectivity index (χ3n) is 16.2. The summed E-state index contributed by atoms with van der Waals surface area (Å²) < 4.78 is 17.1. The van der Waals surface area contributed by atoms with E-state index in [1.54, 1.807) is 0 Å². The van der Waals surface area contributed by atoms with Gasteiger partial charge in [-0.05, 0) is 19.3 Å². The molecule has 0 aliphatic rings. The molecule has 1 N–H and O–H groups in total. The van der Waals surface area contributed by atoms with Crippen molar-refractivity contribution in [3.05, 3.63) is 0 Å². The number of carbonyl (C=O) groups is 3. The SMILES string of the molecule is CCCCCCCCCCCCCCCCCCCCC(=O)OCC(CO)(COC(=O)CCCCCCCCCCCCCCCCCCCC)COC(=O)CCCCCCCCCCCCCCCCCCCC. The number of hydrogen-bond donors (Lipinski definition) is 1. The predicted octanol–water partition coefficient (Wildman–Crippen LogP) is 21.9. The number of carbonyl (C=O) groups excluding carboxylic acids is 3. The Balaban J connectivity index is 4.48. The Labute approximate surface area is 468 Å². The first-order valence-electron chi connectivity index (χ1n) is 34.0. The summed E-state index contributed by atoms with van der Waals surface area (Å²) in [5.41, 5.74) is -1.18. The van der Waals surface area contributed by atoms with Crippen LogP contribution in [0.3, 0.4) is 0 Å². The van der Waals surface area contributed by atoms with Crippen molar-refractivity contribution in [1.82, 2.24) is 0 Å². The Hall–Kier alpha value is -1.63. The molecule has 0 radical (unpaired) electrons. The lowest BCUT2D eigenvalue weighted by atomic mass is 9.92. The molecule has 7 heteroatoms. The number of aliphatic hydroxyl groups excluding tert-OH is 1. The fourth-order valence-corrected chi connectivity index (χ4v) is 10.7. The molecular formula is C68H132O7. The average Bonchev–Trinajstić information content (AvgIpc) is 3.41. The molecule has 7 nitrogen and oxygen atoms in total. The zero-order chi connectivity index (χ0) is 54.5. The summed E-state index contributed by atoms with van der Waals surface area (Å²) in [6.45, 7) is 5.97. The van der Waals surface area contributed by atoms with E-state index in [2.05, 4.69) is 20.8 Å². The van der Waals surface area contributed by atoms with Crippen molar-refractivity contribution in [3.8, 4) is 0 Å². The lowest BCUT2D eigenvalue weighted by Crippen LogP contribution is -2.42. The number of rotatable bonds is 64. The van der Waals surface area contributed by atoms with Crippen LogP contribution in [-0.4, -0.2) is 49.4 Å². The van der Waals surface area contributed by atoms with Gasteiger partial charge >= 0.3 is 17.9 Å². The van der Waals surface area contributed by atoms with Gasteiger partial charge in [0.1, 0.15) is 19.8 Å². The highest BCUT2D eigenvalue weighted by atomic mass is 16.6. The lowest BCUT2D eigenvalue weighted by Gasteiger charge is -2.30. The van der Waals surface area contributed by atoms with E-state index < -0.39 is 12.0 Å². The molecule has 0 aliphatic carbocycles. The first-order valence-corrected chi connectivity index (χ1v) is 34.0. The zero-order valence-electron chi connectivity index (χ0n) is 51.0. The number of hydrogen-bond acceptors (Lipinski definition) is 7. The van der Waals surface area contributed by atoms with Gasteiger partial charge in [0.25, 0.3) is 0 Å². The third-order valence-corrected chi connectivity index (χ3v) is 16.2. The van der Waals surface area contributed by atoms with Crippen LogP contribution in [0.25, 0.3) is 0 Å². The van der Waals surface area contributed by atoms with E-state index in [0.29, 0.717) is 19.3 Å². The lowest BCUT2D eigenvalue weighted by molar-refractivity contribution is -0.165. The van der Waals surface area contributed by atoms with E-state index in [0.717, 1.165) is 57.8 Å². The summed E-state index contributed by atoms with van der Waals surface area (Å²) in [4.78, 5) is 38.7. The molecule has 0 saturated heterocycles. The summed E-state index contributed by atoms with van der Waals surface area (Å²) in [6.07, 6.45) is 70.9. The minimum atomic E-state index is -1.18. The number of unbranched alkanes of at least 4 members (excludes halogenated alkanes) is 51. The molecule has 0 unspecified atom stereocenters. The smallest absolute Gasteiger partial charge is 0.305 e. The van der Waals surface area contributed by atoms with Crippen molar-refractivity contribution >= 4 is 17.9 Å². The maximum Gasteiger partial charge on any atom is 0.305 e. The molecular weight excluding hydrogens is 929 g/mol. The van der Waals surface area contributed by atoms with Crippen LogP contribution in [0.1, 0.15) is 387 Å². The second-order valence-electron chi connectivity index (χ2n) is 23.9. The Morgan fingerprint density at radius 3 is 0.507 bits per heavy atom. The molecule has 0 amide bonds. The summed E-state index contributed by atoms with van der Waals surface area (Å²) in [7, 11) is 0. The maximum absolute atomic E-state index is 12.9. The number of ether oxygens (including phenoxy) is 3. The van der Waals surface area contributed by atoms with E-state index >= 15 is 0 Å². The molecule has 0 heterocycles. The summed E-state index contributed by atoms with van der Waals surface area (Å²) in [5.74, 6) is -0.960. The highest BCUT2D eigenvalue weighted by Gasteiger charge is 2.35. The van der Waals surface area contributed by atoms with Gasteiger partial charge in [-0.3, -0.25) is 14.4 Å². The van der Waals surface area contributed by atoms with Crippen LogP contribution in [0.2, 0.25) is 0 Å². The Morgan fingerprint density at radius 2 is 0.373 bits per heavy atom. The molecule has 446 valence electrons. The van der Waals surface area contributed by atoms with Gasteiger partial charge in [-0.2, -0.15) is 0 Å². The molecule has 0 aromatic carbocycles. The topological polar surface area (TPSA) is 99.1 Å². The largest absolute Gasteiger partial charge is 0.465 e. The quantitative estimate of drug-likeness (QED) is 0.0368. The van der Waals surface area contributed by atoms with E-state index in [1.807, 2.05) is 0 Å². The van der Waals surface area contributed by atoms with Crippen molar-refractivity contribution in [2.75, 3.05) is 26.4 Å². The predicted molar refractivity (Wildman–Crippen MR) is 323 cm³/mol. The van der Waals surface area contributed by atoms with Crippen LogP contribution in [-0.2, 0) is 28.6 Å². The van der Waals surface area contributed by atoms with Gasteiger partial charge in [-0.15, -0.1) is 0 Å². The molecule has 0 spiro atoms. The van der Waals surface area contributed by atoms with Gasteiger partial charge in [0.05, 0.1) is 12.0 Å². The Kier molecular flexibility index (Phi) is 60.2. The molecule has 0 rings (SSSR count). The first-order chi connectivity index (χ1) is 36.9.